The molecule has 1 fully saturated rings. The highest BCUT2D eigenvalue weighted by molar-refractivity contribution is 7.17. The quantitative estimate of drug-likeness (QED) is 0.653. The summed E-state index contributed by atoms with van der Waals surface area (Å²) in [5, 5.41) is 3.54. The van der Waals surface area contributed by atoms with Crippen LogP contribution in [0.4, 0.5) is 5.00 Å². The second kappa shape index (κ2) is 10.5. The molecule has 2 aliphatic rings. The number of nitrogens with one attached hydrogen (secondary N) is 1. The number of carbonyl (C=O) groups excluding carboxylic acids is 3. The Balaban J connectivity index is 1.23. The number of piperazine rings is 1. The molecular formula is C25H32N4O3S. The highest BCUT2D eigenvalue weighted by atomic mass is 32.1. The Morgan fingerprint density at radius 3 is 2.42 bits per heavy atom. The Bertz CT molecular complexity index is 1020. The molecule has 176 valence electrons. The molecule has 0 radical (unpaired) electrons. The highest BCUT2D eigenvalue weighted by Crippen LogP contribution is 2.37. The van der Waals surface area contributed by atoms with Crippen molar-refractivity contribution < 1.29 is 14.4 Å². The number of nitrogens with two attached hydrogens (primary N) is 1. The number of fused-ring (bicyclic) bond motifs is 1. The molecular weight excluding hydrogens is 436 g/mol. The first-order chi connectivity index (χ1) is 15.9. The summed E-state index contributed by atoms with van der Waals surface area (Å²) in [6.07, 6.45) is 4.74. The number of amides is 3. The maximum absolute atomic E-state index is 12.6. The Morgan fingerprint density at radius 1 is 1.03 bits per heavy atom. The summed E-state index contributed by atoms with van der Waals surface area (Å²) in [6.45, 7) is 5.53. The van der Waals surface area contributed by atoms with Gasteiger partial charge in [-0.05, 0) is 43.7 Å². The van der Waals surface area contributed by atoms with Crippen molar-refractivity contribution in [2.45, 2.75) is 45.4 Å². The highest BCUT2D eigenvalue weighted by Gasteiger charge is 2.25. The Morgan fingerprint density at radius 2 is 1.73 bits per heavy atom. The lowest BCUT2D eigenvalue weighted by Crippen LogP contribution is -2.49. The van der Waals surface area contributed by atoms with E-state index in [1.54, 1.807) is 0 Å². The van der Waals surface area contributed by atoms with Crippen LogP contribution >= 0.6 is 11.3 Å². The zero-order valence-electron chi connectivity index (χ0n) is 19.2. The molecule has 7 nitrogen and oxygen atoms in total. The van der Waals surface area contributed by atoms with Gasteiger partial charge in [-0.25, -0.2) is 0 Å². The third-order valence-electron chi connectivity index (χ3n) is 6.53. The fourth-order valence-corrected chi connectivity index (χ4v) is 5.89. The van der Waals surface area contributed by atoms with Gasteiger partial charge in [0.15, 0.2) is 0 Å². The maximum Gasteiger partial charge on any atom is 0.251 e. The fourth-order valence-electron chi connectivity index (χ4n) is 4.58. The van der Waals surface area contributed by atoms with Crippen LogP contribution in [0.15, 0.2) is 24.3 Å². The predicted octanol–water partition coefficient (Wildman–Crippen LogP) is 2.75. The normalized spacial score (nSPS) is 16.3. The number of primary amides is 1. The van der Waals surface area contributed by atoms with E-state index in [9.17, 15) is 14.4 Å². The van der Waals surface area contributed by atoms with Crippen LogP contribution in [0.25, 0.3) is 0 Å². The zero-order valence-corrected chi connectivity index (χ0v) is 20.0. The molecule has 0 saturated carbocycles. The van der Waals surface area contributed by atoms with Gasteiger partial charge in [0.25, 0.3) is 5.91 Å². The average molecular weight is 469 g/mol. The van der Waals surface area contributed by atoms with Gasteiger partial charge in [-0.2, -0.15) is 0 Å². The van der Waals surface area contributed by atoms with Crippen LogP contribution in [0.1, 0.15) is 51.2 Å². The molecule has 0 unspecified atom stereocenters. The standard InChI is InChI=1S/C25H32N4O3S/c1-17-6-8-18(9-7-17)16-22(31)29-14-12-28(13-15-29)11-10-21(30)27-25-23(24(26)32)19-4-2-3-5-20(19)33-25/h6-9H,2-5,10-16H2,1H3,(H2,26,32)(H,27,30). The molecule has 1 saturated heterocycles. The molecule has 1 aromatic heterocycles. The zero-order chi connectivity index (χ0) is 23.4. The molecule has 3 N–H and O–H groups in total. The first-order valence-electron chi connectivity index (χ1n) is 11.7. The number of hydrogen-bond donors (Lipinski definition) is 2. The molecule has 0 bridgehead atoms. The van der Waals surface area contributed by atoms with Crippen LogP contribution < -0.4 is 11.1 Å². The van der Waals surface area contributed by atoms with Gasteiger partial charge in [0, 0.05) is 44.0 Å². The lowest BCUT2D eigenvalue weighted by molar-refractivity contribution is -0.132. The second-order valence-corrected chi connectivity index (χ2v) is 10.1. The van der Waals surface area contributed by atoms with Gasteiger partial charge in [0.05, 0.1) is 12.0 Å². The number of thiophene rings is 1. The van der Waals surface area contributed by atoms with E-state index in [0.717, 1.165) is 49.9 Å². The van der Waals surface area contributed by atoms with Crippen LogP contribution in [0.5, 0.6) is 0 Å². The predicted molar refractivity (Wildman–Crippen MR) is 131 cm³/mol. The van der Waals surface area contributed by atoms with E-state index in [2.05, 4.69) is 10.2 Å². The first kappa shape index (κ1) is 23.4. The summed E-state index contributed by atoms with van der Waals surface area (Å²) in [5.41, 5.74) is 9.38. The summed E-state index contributed by atoms with van der Waals surface area (Å²) in [5.74, 6) is -0.415. The van der Waals surface area contributed by atoms with Crippen LogP contribution in [0, 0.1) is 6.92 Å². The van der Waals surface area contributed by atoms with Crippen molar-refractivity contribution in [3.63, 3.8) is 0 Å². The van der Waals surface area contributed by atoms with Crippen LogP contribution in [0.2, 0.25) is 0 Å². The summed E-state index contributed by atoms with van der Waals surface area (Å²) in [6, 6.07) is 8.08. The van der Waals surface area contributed by atoms with Crippen molar-refractivity contribution in [3.05, 3.63) is 51.4 Å². The van der Waals surface area contributed by atoms with Gasteiger partial charge in [0.2, 0.25) is 11.8 Å². The number of benzene rings is 1. The Hall–Kier alpha value is -2.71. The molecule has 3 amide bonds. The van der Waals surface area contributed by atoms with Crippen LogP contribution in [-0.2, 0) is 28.9 Å². The van der Waals surface area contributed by atoms with Crippen molar-refractivity contribution in [1.82, 2.24) is 9.80 Å². The number of rotatable bonds is 7. The third kappa shape index (κ3) is 5.81. The van der Waals surface area contributed by atoms with Crippen LogP contribution in [-0.4, -0.2) is 60.2 Å². The fraction of sp³-hybridized carbons (Fsp3) is 0.480. The Kier molecular flexibility index (Phi) is 7.45. The van der Waals surface area contributed by atoms with Gasteiger partial charge in [0.1, 0.15) is 5.00 Å². The summed E-state index contributed by atoms with van der Waals surface area (Å²) in [4.78, 5) is 42.5. The van der Waals surface area contributed by atoms with Gasteiger partial charge in [-0.1, -0.05) is 29.8 Å². The van der Waals surface area contributed by atoms with Gasteiger partial charge in [-0.3, -0.25) is 19.3 Å². The molecule has 0 spiro atoms. The molecule has 33 heavy (non-hydrogen) atoms. The van der Waals surface area contributed by atoms with E-state index >= 15 is 0 Å². The molecule has 4 rings (SSSR count). The van der Waals surface area contributed by atoms with Crippen molar-refractivity contribution in [1.29, 1.82) is 0 Å². The van der Waals surface area contributed by atoms with E-state index in [1.807, 2.05) is 36.1 Å². The minimum absolute atomic E-state index is 0.103. The number of nitrogens with zero attached hydrogens (tertiary/aromatic N) is 2. The summed E-state index contributed by atoms with van der Waals surface area (Å²) in [7, 11) is 0. The van der Waals surface area contributed by atoms with Crippen molar-refractivity contribution in [3.8, 4) is 0 Å². The molecule has 8 heteroatoms. The topological polar surface area (TPSA) is 95.7 Å². The van der Waals surface area contributed by atoms with E-state index in [-0.39, 0.29) is 11.8 Å². The van der Waals surface area contributed by atoms with Gasteiger partial charge in [-0.15, -0.1) is 11.3 Å². The maximum atomic E-state index is 12.6. The van der Waals surface area contributed by atoms with Crippen molar-refractivity contribution in [2.75, 3.05) is 38.0 Å². The third-order valence-corrected chi connectivity index (χ3v) is 7.73. The minimum Gasteiger partial charge on any atom is -0.365 e. The summed E-state index contributed by atoms with van der Waals surface area (Å²) < 4.78 is 0. The number of aryl methyl sites for hydroxylation is 2. The average Bonchev–Trinajstić information content (AvgIpc) is 3.17. The smallest absolute Gasteiger partial charge is 0.251 e. The van der Waals surface area contributed by atoms with E-state index in [0.29, 0.717) is 43.0 Å². The molecule has 1 aliphatic carbocycles. The first-order valence-corrected chi connectivity index (χ1v) is 12.5. The number of carbonyl (C=O) groups is 3. The number of anilines is 1. The molecule has 1 aromatic carbocycles. The van der Waals surface area contributed by atoms with Gasteiger partial charge >= 0.3 is 0 Å². The van der Waals surface area contributed by atoms with E-state index < -0.39 is 5.91 Å². The largest absolute Gasteiger partial charge is 0.365 e. The lowest BCUT2D eigenvalue weighted by Gasteiger charge is -2.34. The molecule has 2 heterocycles. The van der Waals surface area contributed by atoms with E-state index in [4.69, 9.17) is 5.73 Å². The molecule has 1 aliphatic heterocycles. The monoisotopic (exact) mass is 468 g/mol. The molecule has 2 aromatic rings. The SMILES string of the molecule is Cc1ccc(CC(=O)N2CCN(CCC(=O)Nc3sc4c(c3C(N)=O)CCCC4)CC2)cc1. The lowest BCUT2D eigenvalue weighted by atomic mass is 9.95. The second-order valence-electron chi connectivity index (χ2n) is 8.96. The van der Waals surface area contributed by atoms with E-state index in [1.165, 1.54) is 21.8 Å². The van der Waals surface area contributed by atoms with Crippen molar-refractivity contribution >= 4 is 34.1 Å². The number of hydrogen-bond acceptors (Lipinski definition) is 5. The van der Waals surface area contributed by atoms with Gasteiger partial charge < -0.3 is 16.0 Å². The Labute approximate surface area is 198 Å². The van der Waals surface area contributed by atoms with Crippen molar-refractivity contribution in [2.24, 2.45) is 5.73 Å². The van der Waals surface area contributed by atoms with Crippen LogP contribution in [0.3, 0.4) is 0 Å². The minimum atomic E-state index is -0.462. The molecule has 0 atom stereocenters. The summed E-state index contributed by atoms with van der Waals surface area (Å²) >= 11 is 1.49.